The second-order valence-corrected chi connectivity index (χ2v) is 4.05. The molecule has 0 radical (unpaired) electrons. The highest BCUT2D eigenvalue weighted by Gasteiger charge is 2.10. The molecule has 0 aliphatic carbocycles. The third kappa shape index (κ3) is 2.61. The molecule has 1 aromatic heterocycles. The molecule has 1 aromatic carbocycles. The number of rotatable bonds is 4. The lowest BCUT2D eigenvalue weighted by molar-refractivity contribution is -0.141. The van der Waals surface area contributed by atoms with Crippen LogP contribution in [0.5, 0.6) is 0 Å². The van der Waals surface area contributed by atoms with Gasteiger partial charge < -0.3 is 14.1 Å². The maximum absolute atomic E-state index is 11.4. The Bertz CT molecular complexity index is 562. The average molecular weight is 248 g/mol. The number of fused-ring (bicyclic) bond motifs is 1. The number of hydrogen-bond donors (Lipinski definition) is 0. The van der Waals surface area contributed by atoms with E-state index in [1.165, 1.54) is 0 Å². The molecule has 0 amide bonds. The van der Waals surface area contributed by atoms with E-state index in [1.54, 1.807) is 6.92 Å². The van der Waals surface area contributed by atoms with Crippen LogP contribution in [0.1, 0.15) is 12.8 Å². The fraction of sp³-hybridized carbons (Fsp3) is 0.385. The van der Waals surface area contributed by atoms with Crippen LogP contribution in [0.15, 0.2) is 22.6 Å². The predicted molar refractivity (Wildman–Crippen MR) is 68.6 cm³/mol. The molecule has 0 atom stereocenters. The molecule has 0 fully saturated rings. The molecule has 0 N–H and O–H groups in total. The quantitative estimate of drug-likeness (QED) is 0.776. The molecule has 2 aromatic rings. The SMILES string of the molecule is CCOC(=O)CN(C)c1ccc2nc(C)oc2c1. The number of carbonyl (C=O) groups is 1. The highest BCUT2D eigenvalue weighted by Crippen LogP contribution is 2.21. The largest absolute Gasteiger partial charge is 0.465 e. The Balaban J connectivity index is 2.17. The van der Waals surface area contributed by atoms with Crippen LogP contribution in [0.25, 0.3) is 11.1 Å². The number of anilines is 1. The fourth-order valence-electron chi connectivity index (χ4n) is 1.76. The summed E-state index contributed by atoms with van der Waals surface area (Å²) in [5.41, 5.74) is 2.44. The smallest absolute Gasteiger partial charge is 0.325 e. The lowest BCUT2D eigenvalue weighted by Crippen LogP contribution is -2.26. The lowest BCUT2D eigenvalue weighted by atomic mass is 10.2. The molecule has 5 heteroatoms. The summed E-state index contributed by atoms with van der Waals surface area (Å²) in [6.07, 6.45) is 0. The first kappa shape index (κ1) is 12.4. The first-order valence-electron chi connectivity index (χ1n) is 5.84. The summed E-state index contributed by atoms with van der Waals surface area (Å²) in [7, 11) is 1.83. The Labute approximate surface area is 105 Å². The molecule has 0 saturated carbocycles. The van der Waals surface area contributed by atoms with Crippen molar-refractivity contribution < 1.29 is 13.9 Å². The summed E-state index contributed by atoms with van der Waals surface area (Å²) in [6.45, 7) is 4.21. The van der Waals surface area contributed by atoms with Gasteiger partial charge in [0.25, 0.3) is 0 Å². The number of ether oxygens (including phenoxy) is 1. The number of likely N-dealkylation sites (N-methyl/N-ethyl adjacent to an activating group) is 1. The second kappa shape index (κ2) is 5.08. The van der Waals surface area contributed by atoms with Crippen molar-refractivity contribution in [2.45, 2.75) is 13.8 Å². The summed E-state index contributed by atoms with van der Waals surface area (Å²) in [5.74, 6) is 0.393. The van der Waals surface area contributed by atoms with Crippen LogP contribution in [-0.2, 0) is 9.53 Å². The number of benzene rings is 1. The number of nitrogens with zero attached hydrogens (tertiary/aromatic N) is 2. The van der Waals surface area contributed by atoms with Crippen LogP contribution in [0.2, 0.25) is 0 Å². The third-order valence-corrected chi connectivity index (χ3v) is 2.59. The van der Waals surface area contributed by atoms with Gasteiger partial charge in [0.15, 0.2) is 11.5 Å². The van der Waals surface area contributed by atoms with E-state index in [0.29, 0.717) is 12.5 Å². The fourth-order valence-corrected chi connectivity index (χ4v) is 1.76. The van der Waals surface area contributed by atoms with Crippen molar-refractivity contribution >= 4 is 22.8 Å². The van der Waals surface area contributed by atoms with E-state index in [2.05, 4.69) is 4.98 Å². The van der Waals surface area contributed by atoms with Crippen LogP contribution < -0.4 is 4.90 Å². The monoisotopic (exact) mass is 248 g/mol. The summed E-state index contributed by atoms with van der Waals surface area (Å²) in [4.78, 5) is 17.4. The van der Waals surface area contributed by atoms with E-state index in [9.17, 15) is 4.79 Å². The summed E-state index contributed by atoms with van der Waals surface area (Å²) < 4.78 is 10.4. The maximum Gasteiger partial charge on any atom is 0.325 e. The van der Waals surface area contributed by atoms with Gasteiger partial charge in [-0.1, -0.05) is 0 Å². The van der Waals surface area contributed by atoms with E-state index < -0.39 is 0 Å². The summed E-state index contributed by atoms with van der Waals surface area (Å²) in [6, 6.07) is 5.65. The molecule has 0 unspecified atom stereocenters. The first-order chi connectivity index (χ1) is 8.60. The van der Waals surface area contributed by atoms with Gasteiger partial charge >= 0.3 is 5.97 Å². The standard InChI is InChI=1S/C13H16N2O3/c1-4-17-13(16)8-15(3)10-5-6-11-12(7-10)18-9(2)14-11/h5-7H,4,8H2,1-3H3. The molecule has 0 saturated heterocycles. The maximum atomic E-state index is 11.4. The molecular formula is C13H16N2O3. The average Bonchev–Trinajstić information content (AvgIpc) is 2.68. The van der Waals surface area contributed by atoms with Gasteiger partial charge in [-0.15, -0.1) is 0 Å². The number of esters is 1. The van der Waals surface area contributed by atoms with Crippen molar-refractivity contribution in [3.8, 4) is 0 Å². The molecule has 0 aliphatic heterocycles. The Kier molecular flexibility index (Phi) is 3.50. The van der Waals surface area contributed by atoms with Gasteiger partial charge in [0.2, 0.25) is 0 Å². The van der Waals surface area contributed by atoms with Gasteiger partial charge in [0.1, 0.15) is 12.1 Å². The summed E-state index contributed by atoms with van der Waals surface area (Å²) in [5, 5.41) is 0. The van der Waals surface area contributed by atoms with Crippen molar-refractivity contribution in [2.75, 3.05) is 25.1 Å². The number of aryl methyl sites for hydroxylation is 1. The molecule has 96 valence electrons. The molecule has 0 spiro atoms. The van der Waals surface area contributed by atoms with Crippen LogP contribution in [0.3, 0.4) is 0 Å². The predicted octanol–water partition coefficient (Wildman–Crippen LogP) is 2.14. The van der Waals surface area contributed by atoms with Crippen molar-refractivity contribution in [3.05, 3.63) is 24.1 Å². The second-order valence-electron chi connectivity index (χ2n) is 4.05. The lowest BCUT2D eigenvalue weighted by Gasteiger charge is -2.17. The highest BCUT2D eigenvalue weighted by atomic mass is 16.5. The Morgan fingerprint density at radius 1 is 1.50 bits per heavy atom. The Morgan fingerprint density at radius 3 is 3.00 bits per heavy atom. The summed E-state index contributed by atoms with van der Waals surface area (Å²) >= 11 is 0. The van der Waals surface area contributed by atoms with Crippen molar-refractivity contribution in [2.24, 2.45) is 0 Å². The Morgan fingerprint density at radius 2 is 2.28 bits per heavy atom. The van der Waals surface area contributed by atoms with Gasteiger partial charge in [0, 0.05) is 25.7 Å². The van der Waals surface area contributed by atoms with Gasteiger partial charge in [0.05, 0.1) is 6.61 Å². The van der Waals surface area contributed by atoms with Crippen molar-refractivity contribution in [1.82, 2.24) is 4.98 Å². The van der Waals surface area contributed by atoms with E-state index in [4.69, 9.17) is 9.15 Å². The zero-order chi connectivity index (χ0) is 13.1. The third-order valence-electron chi connectivity index (χ3n) is 2.59. The topological polar surface area (TPSA) is 55.6 Å². The van der Waals surface area contributed by atoms with Crippen LogP contribution in [0, 0.1) is 6.92 Å². The zero-order valence-corrected chi connectivity index (χ0v) is 10.8. The van der Waals surface area contributed by atoms with E-state index in [1.807, 2.05) is 37.1 Å². The normalized spacial score (nSPS) is 10.6. The number of carbonyl (C=O) groups excluding carboxylic acids is 1. The molecule has 0 bridgehead atoms. The molecule has 1 heterocycles. The van der Waals surface area contributed by atoms with Crippen LogP contribution in [-0.4, -0.2) is 31.2 Å². The Hall–Kier alpha value is -2.04. The van der Waals surface area contributed by atoms with Crippen LogP contribution in [0.4, 0.5) is 5.69 Å². The molecule has 2 rings (SSSR count). The van der Waals surface area contributed by atoms with Crippen molar-refractivity contribution in [1.29, 1.82) is 0 Å². The first-order valence-corrected chi connectivity index (χ1v) is 5.84. The molecule has 0 aliphatic rings. The zero-order valence-electron chi connectivity index (χ0n) is 10.8. The minimum atomic E-state index is -0.242. The van der Waals surface area contributed by atoms with E-state index in [-0.39, 0.29) is 12.5 Å². The highest BCUT2D eigenvalue weighted by molar-refractivity contribution is 5.80. The number of aromatic nitrogens is 1. The van der Waals surface area contributed by atoms with Crippen molar-refractivity contribution in [3.63, 3.8) is 0 Å². The molecule has 5 nitrogen and oxygen atoms in total. The van der Waals surface area contributed by atoms with Crippen LogP contribution >= 0.6 is 0 Å². The molecule has 18 heavy (non-hydrogen) atoms. The minimum Gasteiger partial charge on any atom is -0.465 e. The minimum absolute atomic E-state index is 0.215. The van der Waals surface area contributed by atoms with E-state index in [0.717, 1.165) is 16.8 Å². The van der Waals surface area contributed by atoms with Gasteiger partial charge in [-0.05, 0) is 19.1 Å². The number of oxazole rings is 1. The van der Waals surface area contributed by atoms with Gasteiger partial charge in [-0.2, -0.15) is 0 Å². The van der Waals surface area contributed by atoms with Gasteiger partial charge in [-0.3, -0.25) is 4.79 Å². The van der Waals surface area contributed by atoms with Gasteiger partial charge in [-0.25, -0.2) is 4.98 Å². The number of hydrogen-bond acceptors (Lipinski definition) is 5. The molecular weight excluding hydrogens is 232 g/mol. The van der Waals surface area contributed by atoms with E-state index >= 15 is 0 Å².